The van der Waals surface area contributed by atoms with Crippen LogP contribution in [0.1, 0.15) is 15.9 Å². The van der Waals surface area contributed by atoms with Crippen LogP contribution in [0.3, 0.4) is 0 Å². The molecule has 0 aliphatic rings. The van der Waals surface area contributed by atoms with Gasteiger partial charge in [-0.15, -0.1) is 0 Å². The minimum atomic E-state index is -0.626. The van der Waals surface area contributed by atoms with Crippen LogP contribution in [-0.4, -0.2) is 24.9 Å². The Hall–Kier alpha value is -2.89. The SMILES string of the molecule is COc1ccc(C(=O)c2ccccc2)c(OC)c1[N+](=O)[O-]. The second-order valence-corrected chi connectivity index (χ2v) is 4.15. The van der Waals surface area contributed by atoms with Crippen LogP contribution in [0.5, 0.6) is 11.5 Å². The van der Waals surface area contributed by atoms with Gasteiger partial charge >= 0.3 is 5.69 Å². The number of carbonyl (C=O) groups is 1. The summed E-state index contributed by atoms with van der Waals surface area (Å²) >= 11 is 0. The average Bonchev–Trinajstić information content (AvgIpc) is 2.53. The average molecular weight is 287 g/mol. The lowest BCUT2D eigenvalue weighted by Gasteiger charge is -2.10. The van der Waals surface area contributed by atoms with E-state index in [9.17, 15) is 14.9 Å². The molecular formula is C15H13NO5. The molecule has 0 atom stereocenters. The summed E-state index contributed by atoms with van der Waals surface area (Å²) in [5.74, 6) is -0.409. The van der Waals surface area contributed by atoms with E-state index in [0.717, 1.165) is 0 Å². The first-order valence-corrected chi connectivity index (χ1v) is 6.09. The highest BCUT2D eigenvalue weighted by Gasteiger charge is 2.28. The Bertz CT molecular complexity index is 682. The zero-order valence-corrected chi connectivity index (χ0v) is 11.5. The molecule has 6 nitrogen and oxygen atoms in total. The second kappa shape index (κ2) is 6.04. The molecule has 0 aliphatic carbocycles. The monoisotopic (exact) mass is 287 g/mol. The molecule has 2 rings (SSSR count). The summed E-state index contributed by atoms with van der Waals surface area (Å²) in [4.78, 5) is 23.0. The Morgan fingerprint density at radius 1 is 1.05 bits per heavy atom. The van der Waals surface area contributed by atoms with Crippen molar-refractivity contribution in [3.05, 3.63) is 63.7 Å². The van der Waals surface area contributed by atoms with Crippen LogP contribution in [0, 0.1) is 10.1 Å². The van der Waals surface area contributed by atoms with Crippen molar-refractivity contribution in [3.8, 4) is 11.5 Å². The summed E-state index contributed by atoms with van der Waals surface area (Å²) in [6.07, 6.45) is 0. The van der Waals surface area contributed by atoms with Crippen molar-refractivity contribution in [1.29, 1.82) is 0 Å². The van der Waals surface area contributed by atoms with Crippen molar-refractivity contribution in [3.63, 3.8) is 0 Å². The largest absolute Gasteiger partial charge is 0.490 e. The van der Waals surface area contributed by atoms with Crippen LogP contribution >= 0.6 is 0 Å². The van der Waals surface area contributed by atoms with Gasteiger partial charge in [-0.05, 0) is 12.1 Å². The Kier molecular flexibility index (Phi) is 4.18. The predicted molar refractivity (Wildman–Crippen MR) is 76.1 cm³/mol. The molecule has 0 saturated carbocycles. The molecule has 21 heavy (non-hydrogen) atoms. The van der Waals surface area contributed by atoms with Gasteiger partial charge in [0.05, 0.1) is 24.7 Å². The Morgan fingerprint density at radius 2 is 1.71 bits per heavy atom. The molecular weight excluding hydrogens is 274 g/mol. The van der Waals surface area contributed by atoms with E-state index in [-0.39, 0.29) is 28.5 Å². The molecule has 6 heteroatoms. The predicted octanol–water partition coefficient (Wildman–Crippen LogP) is 2.84. The molecule has 0 N–H and O–H groups in total. The molecule has 2 aromatic rings. The summed E-state index contributed by atoms with van der Waals surface area (Å²) in [6, 6.07) is 11.3. The molecule has 0 aromatic heterocycles. The van der Waals surface area contributed by atoms with E-state index in [1.165, 1.54) is 26.4 Å². The Labute approximate surface area is 121 Å². The van der Waals surface area contributed by atoms with Crippen molar-refractivity contribution in [2.24, 2.45) is 0 Å². The van der Waals surface area contributed by atoms with Crippen LogP contribution in [-0.2, 0) is 0 Å². The lowest BCUT2D eigenvalue weighted by molar-refractivity contribution is -0.386. The van der Waals surface area contributed by atoms with E-state index in [1.54, 1.807) is 30.3 Å². The number of nitro benzene ring substituents is 1. The van der Waals surface area contributed by atoms with E-state index >= 15 is 0 Å². The fraction of sp³-hybridized carbons (Fsp3) is 0.133. The van der Waals surface area contributed by atoms with Crippen molar-refractivity contribution >= 4 is 11.5 Å². The normalized spacial score (nSPS) is 10.0. The first-order valence-electron chi connectivity index (χ1n) is 6.09. The Morgan fingerprint density at radius 3 is 2.24 bits per heavy atom. The van der Waals surface area contributed by atoms with Crippen LogP contribution in [0.15, 0.2) is 42.5 Å². The molecule has 0 radical (unpaired) electrons. The van der Waals surface area contributed by atoms with Gasteiger partial charge in [-0.25, -0.2) is 0 Å². The number of hydrogen-bond donors (Lipinski definition) is 0. The fourth-order valence-electron chi connectivity index (χ4n) is 2.02. The van der Waals surface area contributed by atoms with Gasteiger partial charge in [0, 0.05) is 5.56 Å². The first-order chi connectivity index (χ1) is 10.1. The highest BCUT2D eigenvalue weighted by atomic mass is 16.6. The van der Waals surface area contributed by atoms with Crippen LogP contribution in [0.4, 0.5) is 5.69 Å². The lowest BCUT2D eigenvalue weighted by Crippen LogP contribution is -2.07. The summed E-state index contributed by atoms with van der Waals surface area (Å²) in [5.41, 5.74) is 0.188. The highest BCUT2D eigenvalue weighted by Crippen LogP contribution is 2.40. The highest BCUT2D eigenvalue weighted by molar-refractivity contribution is 6.11. The number of methoxy groups -OCH3 is 2. The zero-order valence-electron chi connectivity index (χ0n) is 11.5. The zero-order chi connectivity index (χ0) is 15.4. The lowest BCUT2D eigenvalue weighted by atomic mass is 10.0. The maximum atomic E-state index is 12.5. The molecule has 0 bridgehead atoms. The van der Waals surface area contributed by atoms with Gasteiger partial charge in [0.25, 0.3) is 0 Å². The quantitative estimate of drug-likeness (QED) is 0.480. The van der Waals surface area contributed by atoms with Crippen LogP contribution in [0.2, 0.25) is 0 Å². The third kappa shape index (κ3) is 2.69. The van der Waals surface area contributed by atoms with Gasteiger partial charge < -0.3 is 9.47 Å². The number of nitrogens with zero attached hydrogens (tertiary/aromatic N) is 1. The van der Waals surface area contributed by atoms with Crippen LogP contribution < -0.4 is 9.47 Å². The second-order valence-electron chi connectivity index (χ2n) is 4.15. The number of hydrogen-bond acceptors (Lipinski definition) is 5. The molecule has 0 fully saturated rings. The number of carbonyl (C=O) groups excluding carboxylic acids is 1. The molecule has 108 valence electrons. The third-order valence-electron chi connectivity index (χ3n) is 2.98. The van der Waals surface area contributed by atoms with Crippen molar-refractivity contribution < 1.29 is 19.2 Å². The topological polar surface area (TPSA) is 78.7 Å². The molecule has 0 saturated heterocycles. The van der Waals surface area contributed by atoms with Crippen molar-refractivity contribution in [1.82, 2.24) is 0 Å². The van der Waals surface area contributed by atoms with Gasteiger partial charge in [-0.3, -0.25) is 14.9 Å². The van der Waals surface area contributed by atoms with Gasteiger partial charge in [-0.1, -0.05) is 30.3 Å². The molecule has 0 unspecified atom stereocenters. The van der Waals surface area contributed by atoms with Gasteiger partial charge in [-0.2, -0.15) is 0 Å². The maximum Gasteiger partial charge on any atom is 0.353 e. The fourth-order valence-corrected chi connectivity index (χ4v) is 2.02. The number of benzene rings is 2. The number of nitro groups is 1. The van der Waals surface area contributed by atoms with Crippen LogP contribution in [0.25, 0.3) is 0 Å². The number of rotatable bonds is 5. The summed E-state index contributed by atoms with van der Waals surface area (Å²) < 4.78 is 10.0. The summed E-state index contributed by atoms with van der Waals surface area (Å²) in [5, 5.41) is 11.2. The summed E-state index contributed by atoms with van der Waals surface area (Å²) in [7, 11) is 2.60. The van der Waals surface area contributed by atoms with E-state index < -0.39 is 4.92 Å². The van der Waals surface area contributed by atoms with Crippen molar-refractivity contribution in [2.45, 2.75) is 0 Å². The smallest absolute Gasteiger partial charge is 0.353 e. The summed E-state index contributed by atoms with van der Waals surface area (Å²) in [6.45, 7) is 0. The minimum absolute atomic E-state index is 0.0430. The van der Waals surface area contributed by atoms with E-state index in [4.69, 9.17) is 9.47 Å². The standard InChI is InChI=1S/C15H13NO5/c1-20-12-9-8-11(15(21-2)13(12)16(18)19)14(17)10-6-4-3-5-7-10/h3-9H,1-2H3. The van der Waals surface area contributed by atoms with Gasteiger partial charge in [0.1, 0.15) is 0 Å². The molecule has 0 heterocycles. The van der Waals surface area contributed by atoms with Gasteiger partial charge in [0.2, 0.25) is 11.5 Å². The van der Waals surface area contributed by atoms with E-state index in [0.29, 0.717) is 5.56 Å². The number of ketones is 1. The first kappa shape index (κ1) is 14.5. The van der Waals surface area contributed by atoms with Gasteiger partial charge in [0.15, 0.2) is 5.78 Å². The molecule has 0 aliphatic heterocycles. The molecule has 2 aromatic carbocycles. The Balaban J connectivity index is 2.62. The third-order valence-corrected chi connectivity index (χ3v) is 2.98. The molecule has 0 amide bonds. The minimum Gasteiger partial charge on any atom is -0.490 e. The number of ether oxygens (including phenoxy) is 2. The maximum absolute atomic E-state index is 12.5. The van der Waals surface area contributed by atoms with E-state index in [2.05, 4.69) is 0 Å². The van der Waals surface area contributed by atoms with Crippen molar-refractivity contribution in [2.75, 3.05) is 14.2 Å². The van der Waals surface area contributed by atoms with E-state index in [1.807, 2.05) is 0 Å². The molecule has 0 spiro atoms.